The van der Waals surface area contributed by atoms with E-state index in [0.29, 0.717) is 18.3 Å². The van der Waals surface area contributed by atoms with Gasteiger partial charge in [-0.3, -0.25) is 0 Å². The van der Waals surface area contributed by atoms with Crippen LogP contribution in [0.1, 0.15) is 24.2 Å². The van der Waals surface area contributed by atoms with Gasteiger partial charge in [-0.15, -0.1) is 0 Å². The van der Waals surface area contributed by atoms with Gasteiger partial charge in [-0.05, 0) is 24.1 Å². The van der Waals surface area contributed by atoms with E-state index < -0.39 is 5.97 Å². The number of carbonyl (C=O) groups is 1. The Labute approximate surface area is 97.2 Å². The van der Waals surface area contributed by atoms with Gasteiger partial charge in [0.2, 0.25) is 0 Å². The van der Waals surface area contributed by atoms with Crippen LogP contribution >= 0.6 is 15.9 Å². The maximum atomic E-state index is 10.9. The first kappa shape index (κ1) is 12.0. The summed E-state index contributed by atoms with van der Waals surface area (Å²) in [4.78, 5) is 10.9. The van der Waals surface area contributed by atoms with E-state index >= 15 is 0 Å². The molecule has 4 heteroatoms. The molecular formula is C11H13BrO3. The smallest absolute Gasteiger partial charge is 0.339 e. The average Bonchev–Trinajstić information content (AvgIpc) is 2.15. The van der Waals surface area contributed by atoms with Gasteiger partial charge >= 0.3 is 5.97 Å². The molecule has 0 aliphatic carbocycles. The van der Waals surface area contributed by atoms with Crippen molar-refractivity contribution in [1.82, 2.24) is 0 Å². The Hall–Kier alpha value is -1.03. The van der Waals surface area contributed by atoms with Gasteiger partial charge in [0.05, 0.1) is 6.61 Å². The second-order valence-electron chi connectivity index (χ2n) is 3.65. The van der Waals surface area contributed by atoms with E-state index in [-0.39, 0.29) is 5.56 Å². The fourth-order valence-electron chi connectivity index (χ4n) is 1.05. The minimum atomic E-state index is -0.977. The number of benzene rings is 1. The van der Waals surface area contributed by atoms with Crippen molar-refractivity contribution in [3.8, 4) is 5.75 Å². The second-order valence-corrected chi connectivity index (χ2v) is 4.57. The highest BCUT2D eigenvalue weighted by Crippen LogP contribution is 2.23. The molecule has 0 heterocycles. The van der Waals surface area contributed by atoms with Gasteiger partial charge in [-0.2, -0.15) is 0 Å². The second kappa shape index (κ2) is 5.16. The van der Waals surface area contributed by atoms with Crippen molar-refractivity contribution in [1.29, 1.82) is 0 Å². The third-order valence-corrected chi connectivity index (χ3v) is 2.24. The number of carboxylic acid groups (broad SMARTS) is 1. The molecule has 0 amide bonds. The molecule has 0 spiro atoms. The maximum absolute atomic E-state index is 10.9. The predicted octanol–water partition coefficient (Wildman–Crippen LogP) is 3.18. The first-order valence-electron chi connectivity index (χ1n) is 4.66. The van der Waals surface area contributed by atoms with Crippen LogP contribution < -0.4 is 4.74 Å². The quantitative estimate of drug-likeness (QED) is 0.916. The molecule has 0 aliphatic rings. The normalized spacial score (nSPS) is 10.4. The van der Waals surface area contributed by atoms with E-state index in [4.69, 9.17) is 9.84 Å². The minimum absolute atomic E-state index is 0.185. The minimum Gasteiger partial charge on any atom is -0.492 e. The summed E-state index contributed by atoms with van der Waals surface area (Å²) in [7, 11) is 0. The summed E-state index contributed by atoms with van der Waals surface area (Å²) in [6.45, 7) is 4.54. The van der Waals surface area contributed by atoms with Crippen molar-refractivity contribution in [2.45, 2.75) is 13.8 Å². The summed E-state index contributed by atoms with van der Waals surface area (Å²) < 4.78 is 6.15. The summed E-state index contributed by atoms with van der Waals surface area (Å²) in [6.07, 6.45) is 0. The van der Waals surface area contributed by atoms with Crippen LogP contribution in [-0.4, -0.2) is 17.7 Å². The predicted molar refractivity (Wildman–Crippen MR) is 61.4 cm³/mol. The van der Waals surface area contributed by atoms with E-state index in [1.54, 1.807) is 12.1 Å². The summed E-state index contributed by atoms with van der Waals surface area (Å²) in [5.74, 6) is -0.190. The lowest BCUT2D eigenvalue weighted by Gasteiger charge is -2.11. The largest absolute Gasteiger partial charge is 0.492 e. The van der Waals surface area contributed by atoms with E-state index in [1.807, 2.05) is 13.8 Å². The molecule has 0 saturated heterocycles. The standard InChI is InChI=1S/C11H13BrO3/c1-7(2)6-15-10-4-3-8(12)5-9(10)11(13)14/h3-5,7H,6H2,1-2H3,(H,13,14). The molecule has 1 aromatic carbocycles. The lowest BCUT2D eigenvalue weighted by atomic mass is 10.2. The summed E-state index contributed by atoms with van der Waals surface area (Å²) in [6, 6.07) is 4.97. The third kappa shape index (κ3) is 3.55. The van der Waals surface area contributed by atoms with Crippen LogP contribution in [0.25, 0.3) is 0 Å². The van der Waals surface area contributed by atoms with E-state index in [0.717, 1.165) is 4.47 Å². The monoisotopic (exact) mass is 272 g/mol. The number of aromatic carboxylic acids is 1. The van der Waals surface area contributed by atoms with Crippen molar-refractivity contribution in [2.75, 3.05) is 6.61 Å². The van der Waals surface area contributed by atoms with Crippen LogP contribution in [0.5, 0.6) is 5.75 Å². The molecule has 0 radical (unpaired) electrons. The van der Waals surface area contributed by atoms with Crippen LogP contribution in [-0.2, 0) is 0 Å². The Bertz CT molecular complexity index is 361. The summed E-state index contributed by atoms with van der Waals surface area (Å²) >= 11 is 3.23. The topological polar surface area (TPSA) is 46.5 Å². The van der Waals surface area contributed by atoms with Gasteiger partial charge in [0.15, 0.2) is 0 Å². The van der Waals surface area contributed by atoms with Crippen LogP contribution in [0.15, 0.2) is 22.7 Å². The number of ether oxygens (including phenoxy) is 1. The molecule has 1 aromatic rings. The zero-order chi connectivity index (χ0) is 11.4. The fraction of sp³-hybridized carbons (Fsp3) is 0.364. The molecule has 0 bridgehead atoms. The lowest BCUT2D eigenvalue weighted by Crippen LogP contribution is -2.08. The van der Waals surface area contributed by atoms with E-state index in [1.165, 1.54) is 6.07 Å². The van der Waals surface area contributed by atoms with Gasteiger partial charge in [0.1, 0.15) is 11.3 Å². The van der Waals surface area contributed by atoms with E-state index in [9.17, 15) is 4.79 Å². The Kier molecular flexibility index (Phi) is 4.15. The van der Waals surface area contributed by atoms with Crippen LogP contribution in [0.4, 0.5) is 0 Å². The highest BCUT2D eigenvalue weighted by Gasteiger charge is 2.11. The molecule has 0 fully saturated rings. The Morgan fingerprint density at radius 2 is 2.20 bits per heavy atom. The van der Waals surface area contributed by atoms with Gasteiger partial charge in [0.25, 0.3) is 0 Å². The summed E-state index contributed by atoms with van der Waals surface area (Å²) in [5, 5.41) is 8.95. The first-order chi connectivity index (χ1) is 7.00. The van der Waals surface area contributed by atoms with Gasteiger partial charge < -0.3 is 9.84 Å². The molecule has 1 rings (SSSR count). The van der Waals surface area contributed by atoms with Crippen molar-refractivity contribution in [3.63, 3.8) is 0 Å². The van der Waals surface area contributed by atoms with Gasteiger partial charge in [-0.25, -0.2) is 4.79 Å². The van der Waals surface area contributed by atoms with Crippen molar-refractivity contribution in [3.05, 3.63) is 28.2 Å². The molecule has 0 aliphatic heterocycles. The van der Waals surface area contributed by atoms with Crippen LogP contribution in [0.2, 0.25) is 0 Å². The Balaban J connectivity index is 2.91. The molecule has 3 nitrogen and oxygen atoms in total. The number of rotatable bonds is 4. The van der Waals surface area contributed by atoms with Crippen LogP contribution in [0.3, 0.4) is 0 Å². The zero-order valence-electron chi connectivity index (χ0n) is 8.66. The van der Waals surface area contributed by atoms with Crippen LogP contribution in [0, 0.1) is 5.92 Å². The number of halogens is 1. The molecular weight excluding hydrogens is 260 g/mol. The Morgan fingerprint density at radius 1 is 1.53 bits per heavy atom. The molecule has 0 atom stereocenters. The third-order valence-electron chi connectivity index (χ3n) is 1.74. The van der Waals surface area contributed by atoms with Gasteiger partial charge in [0, 0.05) is 4.47 Å². The molecule has 82 valence electrons. The van der Waals surface area contributed by atoms with Gasteiger partial charge in [-0.1, -0.05) is 29.8 Å². The van der Waals surface area contributed by atoms with Crippen molar-refractivity contribution < 1.29 is 14.6 Å². The maximum Gasteiger partial charge on any atom is 0.339 e. The molecule has 0 unspecified atom stereocenters. The lowest BCUT2D eigenvalue weighted by molar-refractivity contribution is 0.0691. The van der Waals surface area contributed by atoms with Crippen molar-refractivity contribution >= 4 is 21.9 Å². The molecule has 0 saturated carbocycles. The number of hydrogen-bond acceptors (Lipinski definition) is 2. The van der Waals surface area contributed by atoms with Crippen molar-refractivity contribution in [2.24, 2.45) is 5.92 Å². The number of carboxylic acids is 1. The highest BCUT2D eigenvalue weighted by atomic mass is 79.9. The molecule has 1 N–H and O–H groups in total. The highest BCUT2D eigenvalue weighted by molar-refractivity contribution is 9.10. The molecule has 0 aromatic heterocycles. The SMILES string of the molecule is CC(C)COc1ccc(Br)cc1C(=O)O. The number of hydrogen-bond donors (Lipinski definition) is 1. The fourth-order valence-corrected chi connectivity index (χ4v) is 1.41. The Morgan fingerprint density at radius 3 is 2.73 bits per heavy atom. The summed E-state index contributed by atoms with van der Waals surface area (Å²) in [5.41, 5.74) is 0.185. The first-order valence-corrected chi connectivity index (χ1v) is 5.45. The van der Waals surface area contributed by atoms with E-state index in [2.05, 4.69) is 15.9 Å². The average molecular weight is 273 g/mol. The zero-order valence-corrected chi connectivity index (χ0v) is 10.2. The molecule has 15 heavy (non-hydrogen) atoms.